The van der Waals surface area contributed by atoms with Gasteiger partial charge in [-0.15, -0.1) is 0 Å². The third kappa shape index (κ3) is 2.71. The van der Waals surface area contributed by atoms with Gasteiger partial charge in [-0.05, 0) is 44.7 Å². The second-order valence-electron chi connectivity index (χ2n) is 4.46. The van der Waals surface area contributed by atoms with E-state index in [2.05, 4.69) is 0 Å². The van der Waals surface area contributed by atoms with Gasteiger partial charge >= 0.3 is 0 Å². The summed E-state index contributed by atoms with van der Waals surface area (Å²) in [6.07, 6.45) is 6.10. The molecular formula is C13H18O2. The van der Waals surface area contributed by atoms with Gasteiger partial charge in [-0.3, -0.25) is 4.79 Å². The second kappa shape index (κ2) is 4.65. The zero-order valence-electron chi connectivity index (χ0n) is 9.29. The van der Waals surface area contributed by atoms with Crippen molar-refractivity contribution in [2.45, 2.75) is 45.4 Å². The van der Waals surface area contributed by atoms with Crippen LogP contribution in [0.2, 0.25) is 0 Å². The Morgan fingerprint density at radius 3 is 2.93 bits per heavy atom. The summed E-state index contributed by atoms with van der Waals surface area (Å²) in [5.74, 6) is 2.85. The van der Waals surface area contributed by atoms with Crippen molar-refractivity contribution in [1.29, 1.82) is 0 Å². The molecule has 1 heterocycles. The van der Waals surface area contributed by atoms with E-state index in [0.29, 0.717) is 11.7 Å². The van der Waals surface area contributed by atoms with Crippen molar-refractivity contribution in [3.8, 4) is 0 Å². The molecule has 1 saturated carbocycles. The number of carbonyl (C=O) groups is 1. The number of rotatable bonds is 4. The van der Waals surface area contributed by atoms with E-state index in [9.17, 15) is 4.79 Å². The summed E-state index contributed by atoms with van der Waals surface area (Å²) in [6.45, 7) is 1.96. The van der Waals surface area contributed by atoms with E-state index < -0.39 is 0 Å². The van der Waals surface area contributed by atoms with Gasteiger partial charge in [-0.25, -0.2) is 0 Å². The lowest BCUT2D eigenvalue weighted by Gasteiger charge is -2.05. The van der Waals surface area contributed by atoms with E-state index in [0.717, 1.165) is 50.0 Å². The first kappa shape index (κ1) is 10.5. The van der Waals surface area contributed by atoms with Crippen LogP contribution in [-0.4, -0.2) is 5.78 Å². The molecule has 0 saturated heterocycles. The van der Waals surface area contributed by atoms with Crippen LogP contribution < -0.4 is 0 Å². The van der Waals surface area contributed by atoms with Gasteiger partial charge in [0.1, 0.15) is 17.3 Å². The van der Waals surface area contributed by atoms with Crippen molar-refractivity contribution < 1.29 is 9.21 Å². The third-order valence-electron chi connectivity index (χ3n) is 3.20. The Morgan fingerprint density at radius 1 is 1.47 bits per heavy atom. The summed E-state index contributed by atoms with van der Waals surface area (Å²) in [6, 6.07) is 4.03. The highest BCUT2D eigenvalue weighted by Gasteiger charge is 2.23. The first-order valence-electron chi connectivity index (χ1n) is 5.84. The standard InChI is InChI=1S/C13H18O2/c1-10-8-9-12(15-10)6-2-4-11-5-3-7-13(11)14/h8-9,11H,2-7H2,1H3/t11-/m1/s1. The molecule has 0 amide bonds. The number of hydrogen-bond acceptors (Lipinski definition) is 2. The molecule has 0 radical (unpaired) electrons. The molecule has 1 aliphatic rings. The first-order valence-corrected chi connectivity index (χ1v) is 5.84. The fraction of sp³-hybridized carbons (Fsp3) is 0.615. The average molecular weight is 206 g/mol. The van der Waals surface area contributed by atoms with Crippen LogP contribution in [0.3, 0.4) is 0 Å². The SMILES string of the molecule is Cc1ccc(CCC[C@@H]2CCCC2=O)o1. The third-order valence-corrected chi connectivity index (χ3v) is 3.20. The van der Waals surface area contributed by atoms with Crippen LogP contribution in [0.4, 0.5) is 0 Å². The van der Waals surface area contributed by atoms with Crippen LogP contribution in [0, 0.1) is 12.8 Å². The number of ketones is 1. The second-order valence-corrected chi connectivity index (χ2v) is 4.46. The minimum absolute atomic E-state index is 0.348. The zero-order chi connectivity index (χ0) is 10.7. The molecule has 1 aliphatic carbocycles. The zero-order valence-corrected chi connectivity index (χ0v) is 9.29. The predicted molar refractivity (Wildman–Crippen MR) is 58.7 cm³/mol. The molecule has 2 rings (SSSR count). The maximum Gasteiger partial charge on any atom is 0.135 e. The molecule has 0 aliphatic heterocycles. The van der Waals surface area contributed by atoms with E-state index in [1.54, 1.807) is 0 Å². The van der Waals surface area contributed by atoms with Crippen molar-refractivity contribution in [2.75, 3.05) is 0 Å². The largest absolute Gasteiger partial charge is 0.466 e. The fourth-order valence-electron chi connectivity index (χ4n) is 2.34. The van der Waals surface area contributed by atoms with Gasteiger partial charge in [-0.2, -0.15) is 0 Å². The Kier molecular flexibility index (Phi) is 3.24. The minimum Gasteiger partial charge on any atom is -0.466 e. The Bertz CT molecular complexity index is 338. The van der Waals surface area contributed by atoms with Crippen LogP contribution in [0.25, 0.3) is 0 Å². The summed E-state index contributed by atoms with van der Waals surface area (Å²) in [5, 5.41) is 0. The molecule has 2 heteroatoms. The van der Waals surface area contributed by atoms with Gasteiger partial charge in [0.25, 0.3) is 0 Å². The Labute approximate surface area is 90.7 Å². The normalized spacial score (nSPS) is 21.1. The van der Waals surface area contributed by atoms with Gasteiger partial charge in [0.05, 0.1) is 0 Å². The van der Waals surface area contributed by atoms with E-state index in [1.807, 2.05) is 19.1 Å². The number of hydrogen-bond donors (Lipinski definition) is 0. The Balaban J connectivity index is 1.73. The van der Waals surface area contributed by atoms with Crippen LogP contribution >= 0.6 is 0 Å². The average Bonchev–Trinajstić information content (AvgIpc) is 2.77. The maximum atomic E-state index is 11.4. The highest BCUT2D eigenvalue weighted by molar-refractivity contribution is 5.82. The van der Waals surface area contributed by atoms with Gasteiger partial charge in [-0.1, -0.05) is 0 Å². The fourth-order valence-corrected chi connectivity index (χ4v) is 2.34. The molecule has 82 valence electrons. The number of carbonyl (C=O) groups excluding carboxylic acids is 1. The van der Waals surface area contributed by atoms with E-state index in [1.165, 1.54) is 0 Å². The van der Waals surface area contributed by atoms with Crippen molar-refractivity contribution in [1.82, 2.24) is 0 Å². The summed E-state index contributed by atoms with van der Waals surface area (Å²) in [4.78, 5) is 11.4. The lowest BCUT2D eigenvalue weighted by Crippen LogP contribution is -2.06. The molecule has 0 bridgehead atoms. The topological polar surface area (TPSA) is 30.2 Å². The molecule has 1 fully saturated rings. The summed E-state index contributed by atoms with van der Waals surface area (Å²) in [7, 11) is 0. The maximum absolute atomic E-state index is 11.4. The van der Waals surface area contributed by atoms with Crippen molar-refractivity contribution in [2.24, 2.45) is 5.92 Å². The van der Waals surface area contributed by atoms with Crippen molar-refractivity contribution in [3.05, 3.63) is 23.7 Å². The molecule has 1 atom stereocenters. The lowest BCUT2D eigenvalue weighted by atomic mass is 9.99. The quantitative estimate of drug-likeness (QED) is 0.756. The number of aryl methyl sites for hydroxylation is 2. The number of Topliss-reactive ketones (excluding diaryl/α,β-unsaturated/α-hetero) is 1. The summed E-state index contributed by atoms with van der Waals surface area (Å²) in [5.41, 5.74) is 0. The molecule has 2 nitrogen and oxygen atoms in total. The minimum atomic E-state index is 0.348. The summed E-state index contributed by atoms with van der Waals surface area (Å²) < 4.78 is 5.49. The monoisotopic (exact) mass is 206 g/mol. The molecule has 0 N–H and O–H groups in total. The molecule has 1 aromatic heterocycles. The van der Waals surface area contributed by atoms with E-state index in [4.69, 9.17) is 4.42 Å². The van der Waals surface area contributed by atoms with Crippen LogP contribution in [-0.2, 0) is 11.2 Å². The Morgan fingerprint density at radius 2 is 2.33 bits per heavy atom. The molecule has 0 spiro atoms. The molecule has 1 aromatic rings. The van der Waals surface area contributed by atoms with Crippen molar-refractivity contribution >= 4 is 5.78 Å². The van der Waals surface area contributed by atoms with Crippen LogP contribution in [0.15, 0.2) is 16.5 Å². The van der Waals surface area contributed by atoms with Gasteiger partial charge < -0.3 is 4.42 Å². The smallest absolute Gasteiger partial charge is 0.135 e. The Hall–Kier alpha value is -1.05. The molecule has 15 heavy (non-hydrogen) atoms. The van der Waals surface area contributed by atoms with Crippen molar-refractivity contribution in [3.63, 3.8) is 0 Å². The first-order chi connectivity index (χ1) is 7.25. The molecule has 0 unspecified atom stereocenters. The lowest BCUT2D eigenvalue weighted by molar-refractivity contribution is -0.120. The van der Waals surface area contributed by atoms with Gasteiger partial charge in [0, 0.05) is 18.8 Å². The van der Waals surface area contributed by atoms with Gasteiger partial charge in [0.2, 0.25) is 0 Å². The molecule has 0 aromatic carbocycles. The predicted octanol–water partition coefficient (Wildman–Crippen LogP) is 3.28. The summed E-state index contributed by atoms with van der Waals surface area (Å²) >= 11 is 0. The van der Waals surface area contributed by atoms with E-state index >= 15 is 0 Å². The van der Waals surface area contributed by atoms with Gasteiger partial charge in [0.15, 0.2) is 0 Å². The van der Waals surface area contributed by atoms with Crippen LogP contribution in [0.5, 0.6) is 0 Å². The highest BCUT2D eigenvalue weighted by atomic mass is 16.3. The highest BCUT2D eigenvalue weighted by Crippen LogP contribution is 2.26. The van der Waals surface area contributed by atoms with Crippen LogP contribution in [0.1, 0.15) is 43.6 Å². The van der Waals surface area contributed by atoms with E-state index in [-0.39, 0.29) is 0 Å². The molecular weight excluding hydrogens is 188 g/mol. The number of furan rings is 1.